The van der Waals surface area contributed by atoms with Gasteiger partial charge in [0.1, 0.15) is 5.69 Å². The van der Waals surface area contributed by atoms with Crippen molar-refractivity contribution in [1.29, 1.82) is 0 Å². The fourth-order valence-electron chi connectivity index (χ4n) is 2.23. The van der Waals surface area contributed by atoms with E-state index in [2.05, 4.69) is 5.10 Å². The van der Waals surface area contributed by atoms with Gasteiger partial charge in [0.2, 0.25) is 5.92 Å². The van der Waals surface area contributed by atoms with Crippen LogP contribution >= 0.6 is 0 Å². The summed E-state index contributed by atoms with van der Waals surface area (Å²) in [6, 6.07) is 0. The van der Waals surface area contributed by atoms with Crippen LogP contribution in [0.4, 0.5) is 17.6 Å². The molecule has 0 amide bonds. The Morgan fingerprint density at radius 2 is 2.06 bits per heavy atom. The van der Waals surface area contributed by atoms with E-state index in [9.17, 15) is 17.6 Å². The number of nitrogens with zero attached hydrogens (tertiary/aromatic N) is 2. The Kier molecular flexibility index (Phi) is 2.71. The first-order chi connectivity index (χ1) is 7.67. The van der Waals surface area contributed by atoms with Crippen LogP contribution in [0.5, 0.6) is 0 Å². The molecule has 0 atom stereocenters. The van der Waals surface area contributed by atoms with Crippen molar-refractivity contribution in [2.45, 2.75) is 45.1 Å². The molecule has 0 bridgehead atoms. The van der Waals surface area contributed by atoms with Gasteiger partial charge in [0, 0.05) is 32.5 Å². The fraction of sp³-hybridized carbons (Fsp3) is 0.727. The molecule has 1 fully saturated rings. The van der Waals surface area contributed by atoms with E-state index in [-0.39, 0.29) is 31.0 Å². The standard InChI is InChI=1S/C11H14F4N2/c1-7-5-17(16-9(7)10(2,12)13)6-8-3-11(14,15)4-8/h5,8H,3-4,6H2,1-2H3. The van der Waals surface area contributed by atoms with E-state index in [1.807, 2.05) is 0 Å². The Hall–Kier alpha value is -1.07. The SMILES string of the molecule is Cc1cn(CC2CC(F)(F)C2)nc1C(C)(F)F. The zero-order valence-electron chi connectivity index (χ0n) is 9.68. The molecule has 17 heavy (non-hydrogen) atoms. The maximum Gasteiger partial charge on any atom is 0.289 e. The number of aryl methyl sites for hydroxylation is 1. The maximum absolute atomic E-state index is 13.1. The van der Waals surface area contributed by atoms with Crippen LogP contribution < -0.4 is 0 Å². The maximum atomic E-state index is 13.1. The van der Waals surface area contributed by atoms with Gasteiger partial charge in [-0.05, 0) is 18.4 Å². The van der Waals surface area contributed by atoms with Crippen molar-refractivity contribution >= 4 is 0 Å². The van der Waals surface area contributed by atoms with Crippen molar-refractivity contribution in [2.75, 3.05) is 0 Å². The van der Waals surface area contributed by atoms with Gasteiger partial charge in [-0.1, -0.05) is 0 Å². The van der Waals surface area contributed by atoms with E-state index in [1.54, 1.807) is 6.92 Å². The molecule has 1 aromatic heterocycles. The number of hydrogen-bond donors (Lipinski definition) is 0. The van der Waals surface area contributed by atoms with E-state index >= 15 is 0 Å². The molecular weight excluding hydrogens is 236 g/mol. The van der Waals surface area contributed by atoms with Crippen molar-refractivity contribution in [3.63, 3.8) is 0 Å². The Morgan fingerprint density at radius 3 is 2.47 bits per heavy atom. The minimum Gasteiger partial charge on any atom is -0.272 e. The van der Waals surface area contributed by atoms with Gasteiger partial charge in [0.25, 0.3) is 5.92 Å². The second-order valence-electron chi connectivity index (χ2n) is 4.90. The van der Waals surface area contributed by atoms with E-state index in [0.717, 1.165) is 6.92 Å². The molecule has 0 N–H and O–H groups in total. The molecule has 0 aliphatic heterocycles. The van der Waals surface area contributed by atoms with E-state index in [1.165, 1.54) is 10.9 Å². The molecule has 0 unspecified atom stereocenters. The van der Waals surface area contributed by atoms with Gasteiger partial charge in [-0.25, -0.2) is 8.78 Å². The first kappa shape index (κ1) is 12.4. The average Bonchev–Trinajstić information content (AvgIpc) is 2.42. The predicted molar refractivity (Wildman–Crippen MR) is 54.2 cm³/mol. The number of rotatable bonds is 3. The van der Waals surface area contributed by atoms with Gasteiger partial charge in [0.05, 0.1) is 0 Å². The summed E-state index contributed by atoms with van der Waals surface area (Å²) in [6.45, 7) is 2.61. The summed E-state index contributed by atoms with van der Waals surface area (Å²) in [5.41, 5.74) is 0.118. The van der Waals surface area contributed by atoms with Crippen molar-refractivity contribution < 1.29 is 17.6 Å². The average molecular weight is 250 g/mol. The number of halogens is 4. The van der Waals surface area contributed by atoms with Crippen molar-refractivity contribution in [1.82, 2.24) is 9.78 Å². The van der Waals surface area contributed by atoms with Crippen LogP contribution in [-0.4, -0.2) is 15.7 Å². The third-order valence-corrected chi connectivity index (χ3v) is 2.98. The fourth-order valence-corrected chi connectivity index (χ4v) is 2.23. The summed E-state index contributed by atoms with van der Waals surface area (Å²) >= 11 is 0. The van der Waals surface area contributed by atoms with Gasteiger partial charge in [0.15, 0.2) is 0 Å². The zero-order valence-corrected chi connectivity index (χ0v) is 9.68. The highest BCUT2D eigenvalue weighted by molar-refractivity contribution is 5.19. The van der Waals surface area contributed by atoms with Gasteiger partial charge in [-0.3, -0.25) is 4.68 Å². The normalized spacial score (nSPS) is 20.4. The lowest BCUT2D eigenvalue weighted by Crippen LogP contribution is -2.37. The number of aromatic nitrogens is 2. The third kappa shape index (κ3) is 2.61. The molecule has 2 rings (SSSR count). The van der Waals surface area contributed by atoms with Crippen molar-refractivity contribution in [3.8, 4) is 0 Å². The molecule has 96 valence electrons. The molecule has 6 heteroatoms. The quantitative estimate of drug-likeness (QED) is 0.752. The summed E-state index contributed by atoms with van der Waals surface area (Å²) in [7, 11) is 0. The van der Waals surface area contributed by atoms with Gasteiger partial charge in [-0.2, -0.15) is 13.9 Å². The van der Waals surface area contributed by atoms with Crippen LogP contribution in [0.3, 0.4) is 0 Å². The smallest absolute Gasteiger partial charge is 0.272 e. The molecule has 0 saturated heterocycles. The lowest BCUT2D eigenvalue weighted by molar-refractivity contribution is -0.114. The molecule has 2 nitrogen and oxygen atoms in total. The minimum atomic E-state index is -2.99. The topological polar surface area (TPSA) is 17.8 Å². The van der Waals surface area contributed by atoms with Crippen LogP contribution in [0.1, 0.15) is 31.0 Å². The molecule has 1 aromatic rings. The second-order valence-corrected chi connectivity index (χ2v) is 4.90. The van der Waals surface area contributed by atoms with Crippen molar-refractivity contribution in [2.24, 2.45) is 5.92 Å². The summed E-state index contributed by atoms with van der Waals surface area (Å²) in [6.07, 6.45) is 1.14. The Labute approximate surface area is 96.6 Å². The number of alkyl halides is 4. The summed E-state index contributed by atoms with van der Waals surface area (Å²) in [4.78, 5) is 0. The summed E-state index contributed by atoms with van der Waals surface area (Å²) in [5, 5.41) is 3.77. The first-order valence-electron chi connectivity index (χ1n) is 5.47. The third-order valence-electron chi connectivity index (χ3n) is 2.98. The van der Waals surface area contributed by atoms with Gasteiger partial charge in [-0.15, -0.1) is 0 Å². The zero-order chi connectivity index (χ0) is 12.8. The predicted octanol–water partition coefficient (Wildman–Crippen LogP) is 3.35. The highest BCUT2D eigenvalue weighted by Gasteiger charge is 2.45. The van der Waals surface area contributed by atoms with E-state index in [0.29, 0.717) is 5.56 Å². The monoisotopic (exact) mass is 250 g/mol. The highest BCUT2D eigenvalue weighted by atomic mass is 19.3. The lowest BCUT2D eigenvalue weighted by atomic mass is 9.81. The molecule has 1 saturated carbocycles. The van der Waals surface area contributed by atoms with E-state index in [4.69, 9.17) is 0 Å². The lowest BCUT2D eigenvalue weighted by Gasteiger charge is -2.34. The minimum absolute atomic E-state index is 0.164. The summed E-state index contributed by atoms with van der Waals surface area (Å²) < 4.78 is 52.8. The Balaban J connectivity index is 2.04. The molecule has 1 aliphatic carbocycles. The van der Waals surface area contributed by atoms with Crippen LogP contribution in [0.15, 0.2) is 6.20 Å². The van der Waals surface area contributed by atoms with Crippen LogP contribution in [0, 0.1) is 12.8 Å². The van der Waals surface area contributed by atoms with E-state index < -0.39 is 11.8 Å². The Morgan fingerprint density at radius 1 is 1.47 bits per heavy atom. The van der Waals surface area contributed by atoms with Crippen LogP contribution in [-0.2, 0) is 12.5 Å². The highest BCUT2D eigenvalue weighted by Crippen LogP contribution is 2.43. The largest absolute Gasteiger partial charge is 0.289 e. The van der Waals surface area contributed by atoms with Crippen LogP contribution in [0.25, 0.3) is 0 Å². The van der Waals surface area contributed by atoms with Gasteiger partial charge >= 0.3 is 0 Å². The van der Waals surface area contributed by atoms with Gasteiger partial charge < -0.3 is 0 Å². The molecule has 0 radical (unpaired) electrons. The molecule has 0 aromatic carbocycles. The molecule has 0 spiro atoms. The number of hydrogen-bond acceptors (Lipinski definition) is 1. The second kappa shape index (κ2) is 3.71. The molecule has 1 aliphatic rings. The van der Waals surface area contributed by atoms with Crippen molar-refractivity contribution in [3.05, 3.63) is 17.5 Å². The van der Waals surface area contributed by atoms with Crippen LogP contribution in [0.2, 0.25) is 0 Å². The molecular formula is C11H14F4N2. The molecule has 1 heterocycles. The Bertz CT molecular complexity index is 412. The first-order valence-corrected chi connectivity index (χ1v) is 5.47. The summed E-state index contributed by atoms with van der Waals surface area (Å²) in [5.74, 6) is -5.73.